The Morgan fingerprint density at radius 3 is 3.06 bits per heavy atom. The maximum atomic E-state index is 11.8. The summed E-state index contributed by atoms with van der Waals surface area (Å²) in [5.41, 5.74) is 0.602. The minimum Gasteiger partial charge on any atom is -0.353 e. The summed E-state index contributed by atoms with van der Waals surface area (Å²) in [7, 11) is 0. The first-order valence-electron chi connectivity index (χ1n) is 5.47. The second-order valence-electron chi connectivity index (χ2n) is 4.47. The highest BCUT2D eigenvalue weighted by Gasteiger charge is 2.38. The zero-order valence-electron chi connectivity index (χ0n) is 9.90. The molecular formula is C12H14N4O. The maximum absolute atomic E-state index is 11.8. The van der Waals surface area contributed by atoms with Crippen LogP contribution in [0.3, 0.4) is 0 Å². The van der Waals surface area contributed by atoms with Crippen molar-refractivity contribution < 1.29 is 4.79 Å². The van der Waals surface area contributed by atoms with Crippen LogP contribution in [0.5, 0.6) is 0 Å². The fourth-order valence-electron chi connectivity index (χ4n) is 2.02. The second kappa shape index (κ2) is 4.06. The monoisotopic (exact) mass is 230 g/mol. The predicted octanol–water partition coefficient (Wildman–Crippen LogP) is 0.668. The van der Waals surface area contributed by atoms with E-state index < -0.39 is 5.54 Å². The molecule has 5 nitrogen and oxygen atoms in total. The lowest BCUT2D eigenvalue weighted by molar-refractivity contribution is -0.126. The molecular weight excluding hydrogens is 216 g/mol. The number of carbonyl (C=O) groups excluding carboxylic acids is 1. The Hall–Kier alpha value is -2.09. The van der Waals surface area contributed by atoms with E-state index in [9.17, 15) is 4.79 Å². The molecule has 0 unspecified atom stereocenters. The lowest BCUT2D eigenvalue weighted by Crippen LogP contribution is -2.62. The van der Waals surface area contributed by atoms with E-state index >= 15 is 0 Å². The topological polar surface area (TPSA) is 69.0 Å². The van der Waals surface area contributed by atoms with E-state index in [0.29, 0.717) is 18.7 Å². The van der Waals surface area contributed by atoms with Gasteiger partial charge < -0.3 is 10.2 Å². The van der Waals surface area contributed by atoms with E-state index in [-0.39, 0.29) is 5.91 Å². The van der Waals surface area contributed by atoms with Gasteiger partial charge in [-0.05, 0) is 19.9 Å². The standard InChI is InChI=1S/C12H14N4O/c1-12(2)11(17)15-5-6-16(12)10-8-14-4-3-9(10)7-13/h3-4,8H,5-6H2,1-2H3,(H,15,17). The molecule has 0 spiro atoms. The van der Waals surface area contributed by atoms with Gasteiger partial charge in [-0.3, -0.25) is 9.78 Å². The molecule has 5 heteroatoms. The van der Waals surface area contributed by atoms with Crippen LogP contribution < -0.4 is 10.2 Å². The summed E-state index contributed by atoms with van der Waals surface area (Å²) in [6.07, 6.45) is 3.22. The van der Waals surface area contributed by atoms with Gasteiger partial charge in [0.25, 0.3) is 0 Å². The van der Waals surface area contributed by atoms with Crippen LogP contribution in [0.25, 0.3) is 0 Å². The first-order valence-corrected chi connectivity index (χ1v) is 5.47. The van der Waals surface area contributed by atoms with E-state index in [1.807, 2.05) is 18.7 Å². The van der Waals surface area contributed by atoms with Crippen molar-refractivity contribution >= 4 is 11.6 Å². The lowest BCUT2D eigenvalue weighted by Gasteiger charge is -2.42. The molecule has 0 atom stereocenters. The molecule has 0 aromatic carbocycles. The third kappa shape index (κ3) is 1.82. The molecule has 0 aliphatic carbocycles. The molecule has 0 saturated carbocycles. The van der Waals surface area contributed by atoms with Crippen molar-refractivity contribution in [2.24, 2.45) is 0 Å². The highest BCUT2D eigenvalue weighted by Crippen LogP contribution is 2.27. The molecule has 1 fully saturated rings. The van der Waals surface area contributed by atoms with E-state index in [0.717, 1.165) is 5.69 Å². The van der Waals surface area contributed by atoms with Crippen LogP contribution >= 0.6 is 0 Å². The van der Waals surface area contributed by atoms with Crippen LogP contribution in [-0.2, 0) is 4.79 Å². The van der Waals surface area contributed by atoms with Crippen LogP contribution in [0.2, 0.25) is 0 Å². The van der Waals surface area contributed by atoms with Crippen LogP contribution in [-0.4, -0.2) is 29.5 Å². The zero-order valence-corrected chi connectivity index (χ0v) is 9.90. The summed E-state index contributed by atoms with van der Waals surface area (Å²) in [5.74, 6) is -0.0310. The highest BCUT2D eigenvalue weighted by atomic mass is 16.2. The molecule has 1 aromatic rings. The number of hydrogen-bond donors (Lipinski definition) is 1. The van der Waals surface area contributed by atoms with Crippen molar-refractivity contribution in [2.45, 2.75) is 19.4 Å². The number of amides is 1. The zero-order chi connectivity index (χ0) is 12.5. The number of anilines is 1. The smallest absolute Gasteiger partial charge is 0.245 e. The van der Waals surface area contributed by atoms with Crippen molar-refractivity contribution in [2.75, 3.05) is 18.0 Å². The SMILES string of the molecule is CC1(C)C(=O)NCCN1c1cnccc1C#N. The first kappa shape index (κ1) is 11.4. The Bertz CT molecular complexity index is 490. The van der Waals surface area contributed by atoms with Gasteiger partial charge in [0.2, 0.25) is 5.91 Å². The van der Waals surface area contributed by atoms with Gasteiger partial charge in [0.1, 0.15) is 11.6 Å². The summed E-state index contributed by atoms with van der Waals surface area (Å²) < 4.78 is 0. The Kier molecular flexibility index (Phi) is 2.72. The van der Waals surface area contributed by atoms with Gasteiger partial charge in [0.15, 0.2) is 0 Å². The molecule has 2 heterocycles. The fraction of sp³-hybridized carbons (Fsp3) is 0.417. The van der Waals surface area contributed by atoms with Crippen LogP contribution in [0, 0.1) is 11.3 Å². The van der Waals surface area contributed by atoms with Crippen LogP contribution in [0.4, 0.5) is 5.69 Å². The molecule has 17 heavy (non-hydrogen) atoms. The van der Waals surface area contributed by atoms with Gasteiger partial charge in [-0.2, -0.15) is 5.26 Å². The maximum Gasteiger partial charge on any atom is 0.245 e. The second-order valence-corrected chi connectivity index (χ2v) is 4.47. The average molecular weight is 230 g/mol. The molecule has 88 valence electrons. The lowest BCUT2D eigenvalue weighted by atomic mass is 9.97. The third-order valence-corrected chi connectivity index (χ3v) is 3.06. The summed E-state index contributed by atoms with van der Waals surface area (Å²) in [5, 5.41) is 11.9. The van der Waals surface area contributed by atoms with Gasteiger partial charge in [-0.1, -0.05) is 0 Å². The Morgan fingerprint density at radius 1 is 1.59 bits per heavy atom. The van der Waals surface area contributed by atoms with Gasteiger partial charge in [-0.15, -0.1) is 0 Å². The quantitative estimate of drug-likeness (QED) is 0.769. The van der Waals surface area contributed by atoms with E-state index in [1.54, 1.807) is 18.5 Å². The minimum absolute atomic E-state index is 0.0310. The molecule has 1 aliphatic heterocycles. The summed E-state index contributed by atoms with van der Waals surface area (Å²) in [6.45, 7) is 4.95. The predicted molar refractivity (Wildman–Crippen MR) is 63.4 cm³/mol. The number of pyridine rings is 1. The number of carbonyl (C=O) groups is 1. The van der Waals surface area contributed by atoms with Gasteiger partial charge in [-0.25, -0.2) is 0 Å². The molecule has 0 bridgehead atoms. The van der Waals surface area contributed by atoms with Crippen molar-refractivity contribution in [1.29, 1.82) is 5.26 Å². The van der Waals surface area contributed by atoms with Gasteiger partial charge >= 0.3 is 0 Å². The van der Waals surface area contributed by atoms with E-state index in [4.69, 9.17) is 5.26 Å². The molecule has 1 aliphatic rings. The van der Waals surface area contributed by atoms with Gasteiger partial charge in [0, 0.05) is 19.3 Å². The Balaban J connectivity index is 2.46. The Labute approximate surface area is 100 Å². The fourth-order valence-corrected chi connectivity index (χ4v) is 2.02. The van der Waals surface area contributed by atoms with E-state index in [2.05, 4.69) is 16.4 Å². The number of nitrogens with one attached hydrogen (secondary N) is 1. The van der Waals surface area contributed by atoms with Crippen LogP contribution in [0.1, 0.15) is 19.4 Å². The highest BCUT2D eigenvalue weighted by molar-refractivity contribution is 5.90. The van der Waals surface area contributed by atoms with Crippen molar-refractivity contribution in [3.05, 3.63) is 24.0 Å². The molecule has 1 aromatic heterocycles. The average Bonchev–Trinajstić information content (AvgIpc) is 2.33. The minimum atomic E-state index is -0.660. The summed E-state index contributed by atoms with van der Waals surface area (Å²) in [4.78, 5) is 17.8. The summed E-state index contributed by atoms with van der Waals surface area (Å²) in [6, 6.07) is 3.80. The molecule has 1 amide bonds. The molecule has 1 saturated heterocycles. The number of nitriles is 1. The molecule has 0 radical (unpaired) electrons. The number of nitrogens with zero attached hydrogens (tertiary/aromatic N) is 3. The Morgan fingerprint density at radius 2 is 2.35 bits per heavy atom. The van der Waals surface area contributed by atoms with Gasteiger partial charge in [0.05, 0.1) is 17.4 Å². The normalized spacial score (nSPS) is 18.4. The molecule has 2 rings (SSSR count). The first-order chi connectivity index (χ1) is 8.07. The number of aromatic nitrogens is 1. The van der Waals surface area contributed by atoms with Crippen LogP contribution in [0.15, 0.2) is 18.5 Å². The van der Waals surface area contributed by atoms with E-state index in [1.165, 1.54) is 0 Å². The van der Waals surface area contributed by atoms with Crippen molar-refractivity contribution in [1.82, 2.24) is 10.3 Å². The number of piperazine rings is 1. The number of hydrogen-bond acceptors (Lipinski definition) is 4. The largest absolute Gasteiger partial charge is 0.353 e. The molecule has 1 N–H and O–H groups in total. The number of rotatable bonds is 1. The van der Waals surface area contributed by atoms with Crippen molar-refractivity contribution in [3.8, 4) is 6.07 Å². The summed E-state index contributed by atoms with van der Waals surface area (Å²) >= 11 is 0. The van der Waals surface area contributed by atoms with Crippen molar-refractivity contribution in [3.63, 3.8) is 0 Å². The third-order valence-electron chi connectivity index (χ3n) is 3.06.